The Morgan fingerprint density at radius 2 is 1.81 bits per heavy atom. The highest BCUT2D eigenvalue weighted by Crippen LogP contribution is 2.20. The maximum Gasteiger partial charge on any atom is 0.270 e. The molecule has 0 bridgehead atoms. The van der Waals surface area contributed by atoms with Gasteiger partial charge in [0, 0.05) is 51.9 Å². The average molecular weight is 425 g/mol. The lowest BCUT2D eigenvalue weighted by Gasteiger charge is -2.02. The smallest absolute Gasteiger partial charge is 0.270 e. The molecule has 8 heteroatoms. The SMILES string of the molecule is O=C(C=Cc1cnc(-c2cccc([N+](=O)[O-])c2)nc1)Nc1ccc(Br)cc1. The standard InChI is InChI=1S/C19H13BrN4O3/c20-15-5-7-16(8-6-15)23-18(25)9-4-13-11-21-19(22-12-13)14-2-1-3-17(10-14)24(26)27/h1-12H,(H,23,25). The van der Waals surface area contributed by atoms with Gasteiger partial charge in [-0.15, -0.1) is 0 Å². The summed E-state index contributed by atoms with van der Waals surface area (Å²) in [6.45, 7) is 0. The molecule has 0 unspecified atom stereocenters. The predicted molar refractivity (Wildman–Crippen MR) is 106 cm³/mol. The summed E-state index contributed by atoms with van der Waals surface area (Å²) in [5.41, 5.74) is 1.85. The van der Waals surface area contributed by atoms with Crippen LogP contribution in [0.15, 0.2) is 71.5 Å². The maximum atomic E-state index is 11.9. The second kappa shape index (κ2) is 8.33. The summed E-state index contributed by atoms with van der Waals surface area (Å²) in [5.74, 6) is 0.0928. The lowest BCUT2D eigenvalue weighted by atomic mass is 10.2. The van der Waals surface area contributed by atoms with Gasteiger partial charge in [-0.25, -0.2) is 9.97 Å². The molecule has 1 N–H and O–H groups in total. The number of nitrogens with one attached hydrogen (secondary N) is 1. The topological polar surface area (TPSA) is 98.0 Å². The van der Waals surface area contributed by atoms with Crippen molar-refractivity contribution >= 4 is 39.3 Å². The van der Waals surface area contributed by atoms with E-state index >= 15 is 0 Å². The Morgan fingerprint density at radius 1 is 1.11 bits per heavy atom. The van der Waals surface area contributed by atoms with Gasteiger partial charge in [0.15, 0.2) is 5.82 Å². The first-order chi connectivity index (χ1) is 13.0. The van der Waals surface area contributed by atoms with E-state index in [1.54, 1.807) is 42.7 Å². The zero-order chi connectivity index (χ0) is 19.2. The van der Waals surface area contributed by atoms with Crippen molar-refractivity contribution < 1.29 is 9.72 Å². The van der Waals surface area contributed by atoms with E-state index in [2.05, 4.69) is 31.2 Å². The van der Waals surface area contributed by atoms with Gasteiger partial charge in [0.2, 0.25) is 5.91 Å². The fourth-order valence-electron chi connectivity index (χ4n) is 2.22. The summed E-state index contributed by atoms with van der Waals surface area (Å²) in [6, 6.07) is 13.3. The maximum absolute atomic E-state index is 11.9. The third kappa shape index (κ3) is 5.05. The second-order valence-electron chi connectivity index (χ2n) is 5.48. The highest BCUT2D eigenvalue weighted by atomic mass is 79.9. The third-order valence-electron chi connectivity index (χ3n) is 3.53. The van der Waals surface area contributed by atoms with Crippen LogP contribution in [0.25, 0.3) is 17.5 Å². The van der Waals surface area contributed by atoms with Crippen LogP contribution < -0.4 is 5.32 Å². The molecule has 27 heavy (non-hydrogen) atoms. The van der Waals surface area contributed by atoms with Gasteiger partial charge < -0.3 is 5.32 Å². The van der Waals surface area contributed by atoms with Gasteiger partial charge in [-0.05, 0) is 30.3 Å². The van der Waals surface area contributed by atoms with E-state index in [4.69, 9.17) is 0 Å². The first kappa shape index (κ1) is 18.4. The van der Waals surface area contributed by atoms with Gasteiger partial charge in [-0.3, -0.25) is 14.9 Å². The number of halogens is 1. The number of carbonyl (C=O) groups excluding carboxylic acids is 1. The number of hydrogen-bond donors (Lipinski definition) is 1. The van der Waals surface area contributed by atoms with E-state index < -0.39 is 4.92 Å². The molecular formula is C19H13BrN4O3. The fourth-order valence-corrected chi connectivity index (χ4v) is 2.49. The number of hydrogen-bond acceptors (Lipinski definition) is 5. The van der Waals surface area contributed by atoms with Crippen molar-refractivity contribution in [1.82, 2.24) is 9.97 Å². The zero-order valence-corrected chi connectivity index (χ0v) is 15.5. The number of anilines is 1. The quantitative estimate of drug-likeness (QED) is 0.370. The summed E-state index contributed by atoms with van der Waals surface area (Å²) in [7, 11) is 0. The average Bonchev–Trinajstić information content (AvgIpc) is 2.69. The molecule has 0 saturated heterocycles. The third-order valence-corrected chi connectivity index (χ3v) is 4.05. The first-order valence-electron chi connectivity index (χ1n) is 7.83. The van der Waals surface area contributed by atoms with E-state index in [0.29, 0.717) is 22.6 Å². The molecule has 0 saturated carbocycles. The molecular weight excluding hydrogens is 412 g/mol. The molecule has 1 heterocycles. The van der Waals surface area contributed by atoms with Crippen LogP contribution in [0.5, 0.6) is 0 Å². The summed E-state index contributed by atoms with van der Waals surface area (Å²) in [6.07, 6.45) is 6.06. The molecule has 0 radical (unpaired) electrons. The lowest BCUT2D eigenvalue weighted by Crippen LogP contribution is -2.07. The highest BCUT2D eigenvalue weighted by molar-refractivity contribution is 9.10. The molecule has 3 aromatic rings. The minimum absolute atomic E-state index is 0.0234. The van der Waals surface area contributed by atoms with Crippen LogP contribution in [0.2, 0.25) is 0 Å². The Bertz CT molecular complexity index is 1000. The van der Waals surface area contributed by atoms with E-state index in [0.717, 1.165) is 4.47 Å². The van der Waals surface area contributed by atoms with E-state index in [1.165, 1.54) is 18.2 Å². The van der Waals surface area contributed by atoms with Gasteiger partial charge in [0.05, 0.1) is 4.92 Å². The predicted octanol–water partition coefficient (Wildman–Crippen LogP) is 4.47. The Hall–Kier alpha value is -3.39. The van der Waals surface area contributed by atoms with Crippen LogP contribution in [0.4, 0.5) is 11.4 Å². The molecule has 7 nitrogen and oxygen atoms in total. The van der Waals surface area contributed by atoms with Crippen LogP contribution in [-0.2, 0) is 4.79 Å². The zero-order valence-electron chi connectivity index (χ0n) is 13.9. The van der Waals surface area contributed by atoms with Crippen molar-refractivity contribution in [2.75, 3.05) is 5.32 Å². The monoisotopic (exact) mass is 424 g/mol. The van der Waals surface area contributed by atoms with Crippen molar-refractivity contribution in [3.05, 3.63) is 87.2 Å². The normalized spacial score (nSPS) is 10.7. The van der Waals surface area contributed by atoms with E-state index in [9.17, 15) is 14.9 Å². The molecule has 2 aromatic carbocycles. The molecule has 1 aromatic heterocycles. The van der Waals surface area contributed by atoms with Gasteiger partial charge in [0.1, 0.15) is 0 Å². The van der Waals surface area contributed by atoms with Crippen molar-refractivity contribution in [3.8, 4) is 11.4 Å². The van der Waals surface area contributed by atoms with Gasteiger partial charge in [0.25, 0.3) is 5.69 Å². The van der Waals surface area contributed by atoms with E-state index in [-0.39, 0.29) is 11.6 Å². The Morgan fingerprint density at radius 3 is 2.48 bits per heavy atom. The first-order valence-corrected chi connectivity index (χ1v) is 8.62. The van der Waals surface area contributed by atoms with Crippen molar-refractivity contribution in [1.29, 1.82) is 0 Å². The molecule has 0 aliphatic carbocycles. The lowest BCUT2D eigenvalue weighted by molar-refractivity contribution is -0.384. The Balaban J connectivity index is 1.67. The van der Waals surface area contributed by atoms with Crippen LogP contribution in [-0.4, -0.2) is 20.8 Å². The van der Waals surface area contributed by atoms with Gasteiger partial charge >= 0.3 is 0 Å². The fraction of sp³-hybridized carbons (Fsp3) is 0. The highest BCUT2D eigenvalue weighted by Gasteiger charge is 2.08. The molecule has 0 fully saturated rings. The van der Waals surface area contributed by atoms with Crippen LogP contribution in [0.3, 0.4) is 0 Å². The number of amides is 1. The van der Waals surface area contributed by atoms with Crippen LogP contribution >= 0.6 is 15.9 Å². The molecule has 3 rings (SSSR count). The van der Waals surface area contributed by atoms with Crippen molar-refractivity contribution in [2.24, 2.45) is 0 Å². The van der Waals surface area contributed by atoms with Gasteiger partial charge in [-0.1, -0.05) is 28.1 Å². The number of carbonyl (C=O) groups is 1. The molecule has 134 valence electrons. The summed E-state index contributed by atoms with van der Waals surface area (Å²) in [4.78, 5) is 30.7. The van der Waals surface area contributed by atoms with Crippen LogP contribution in [0.1, 0.15) is 5.56 Å². The number of non-ortho nitro benzene ring substituents is 1. The summed E-state index contributed by atoms with van der Waals surface area (Å²) >= 11 is 3.33. The number of nitro benzene ring substituents is 1. The largest absolute Gasteiger partial charge is 0.323 e. The number of benzene rings is 2. The Labute approximate surface area is 163 Å². The molecule has 0 aliphatic rings. The number of nitro groups is 1. The number of rotatable bonds is 5. The summed E-state index contributed by atoms with van der Waals surface area (Å²) in [5, 5.41) is 13.6. The van der Waals surface area contributed by atoms with Crippen molar-refractivity contribution in [2.45, 2.75) is 0 Å². The minimum Gasteiger partial charge on any atom is -0.323 e. The van der Waals surface area contributed by atoms with Gasteiger partial charge in [-0.2, -0.15) is 0 Å². The number of nitrogens with zero attached hydrogens (tertiary/aromatic N) is 3. The Kier molecular flexibility index (Phi) is 5.68. The molecule has 0 atom stereocenters. The molecule has 0 spiro atoms. The minimum atomic E-state index is -0.468. The number of aromatic nitrogens is 2. The summed E-state index contributed by atoms with van der Waals surface area (Å²) < 4.78 is 0.928. The van der Waals surface area contributed by atoms with Crippen LogP contribution in [0, 0.1) is 10.1 Å². The van der Waals surface area contributed by atoms with Crippen molar-refractivity contribution in [3.63, 3.8) is 0 Å². The second-order valence-corrected chi connectivity index (χ2v) is 6.39. The van der Waals surface area contributed by atoms with E-state index in [1.807, 2.05) is 12.1 Å². The molecule has 0 aliphatic heterocycles. The molecule has 1 amide bonds.